The Balaban J connectivity index is 3.68. The second-order valence-electron chi connectivity index (χ2n) is 2.82. The Bertz CT molecular complexity index is 123. The minimum absolute atomic E-state index is 0.00352. The summed E-state index contributed by atoms with van der Waals surface area (Å²) in [6.45, 7) is 3.42. The van der Waals surface area contributed by atoms with Crippen molar-refractivity contribution in [3.8, 4) is 0 Å². The van der Waals surface area contributed by atoms with E-state index in [-0.39, 0.29) is 24.7 Å². The molecule has 2 unspecified atom stereocenters. The average Bonchev–Trinajstić information content (AvgIpc) is 2.02. The lowest BCUT2D eigenvalue weighted by Crippen LogP contribution is -2.21. The number of hydrogen-bond donors (Lipinski definition) is 2. The molecule has 0 bridgehead atoms. The van der Waals surface area contributed by atoms with E-state index in [0.29, 0.717) is 0 Å². The zero-order chi connectivity index (χ0) is 8.85. The summed E-state index contributed by atoms with van der Waals surface area (Å²) < 4.78 is 0. The van der Waals surface area contributed by atoms with Gasteiger partial charge in [0.1, 0.15) is 5.78 Å². The van der Waals surface area contributed by atoms with Crippen LogP contribution in [0.1, 0.15) is 26.7 Å². The van der Waals surface area contributed by atoms with Crippen LogP contribution in [0.3, 0.4) is 0 Å². The van der Waals surface area contributed by atoms with E-state index in [1.165, 1.54) is 0 Å². The van der Waals surface area contributed by atoms with Gasteiger partial charge in [-0.3, -0.25) is 4.79 Å². The zero-order valence-electron chi connectivity index (χ0n) is 7.08. The third kappa shape index (κ3) is 4.11. The molecule has 3 heteroatoms. The number of aliphatic hydroxyl groups is 2. The smallest absolute Gasteiger partial charge is 0.138 e. The van der Waals surface area contributed by atoms with Gasteiger partial charge < -0.3 is 10.2 Å². The van der Waals surface area contributed by atoms with E-state index in [0.717, 1.165) is 6.42 Å². The van der Waals surface area contributed by atoms with Crippen LogP contribution in [0.15, 0.2) is 0 Å². The first-order valence-corrected chi connectivity index (χ1v) is 3.93. The lowest BCUT2D eigenvalue weighted by atomic mass is 9.99. The lowest BCUT2D eigenvalue weighted by Gasteiger charge is -2.09. The van der Waals surface area contributed by atoms with Gasteiger partial charge in [0, 0.05) is 12.3 Å². The van der Waals surface area contributed by atoms with Gasteiger partial charge in [-0.15, -0.1) is 0 Å². The molecule has 0 rings (SSSR count). The zero-order valence-corrected chi connectivity index (χ0v) is 7.08. The minimum atomic E-state index is -0.878. The third-order valence-electron chi connectivity index (χ3n) is 1.81. The van der Waals surface area contributed by atoms with Crippen LogP contribution in [0.2, 0.25) is 0 Å². The number of ketones is 1. The number of aliphatic hydroxyl groups excluding tert-OH is 2. The van der Waals surface area contributed by atoms with E-state index in [4.69, 9.17) is 10.2 Å². The molecule has 3 nitrogen and oxygen atoms in total. The van der Waals surface area contributed by atoms with Gasteiger partial charge in [0.2, 0.25) is 0 Å². The van der Waals surface area contributed by atoms with Crippen LogP contribution in [-0.4, -0.2) is 28.7 Å². The van der Waals surface area contributed by atoms with Gasteiger partial charge in [-0.25, -0.2) is 0 Å². The Morgan fingerprint density at radius 3 is 2.45 bits per heavy atom. The van der Waals surface area contributed by atoms with Crippen molar-refractivity contribution >= 4 is 5.78 Å². The van der Waals surface area contributed by atoms with Crippen molar-refractivity contribution in [2.24, 2.45) is 5.92 Å². The Morgan fingerprint density at radius 2 is 2.09 bits per heavy atom. The number of rotatable bonds is 5. The third-order valence-corrected chi connectivity index (χ3v) is 1.81. The topological polar surface area (TPSA) is 57.5 Å². The fraction of sp³-hybridized carbons (Fsp3) is 0.875. The fourth-order valence-corrected chi connectivity index (χ4v) is 0.726. The predicted molar refractivity (Wildman–Crippen MR) is 42.2 cm³/mol. The van der Waals surface area contributed by atoms with Crippen molar-refractivity contribution < 1.29 is 15.0 Å². The normalized spacial score (nSPS) is 16.0. The first kappa shape index (κ1) is 10.6. The molecule has 0 aromatic heterocycles. The van der Waals surface area contributed by atoms with Crippen LogP contribution in [-0.2, 0) is 4.79 Å². The highest BCUT2D eigenvalue weighted by Crippen LogP contribution is 2.06. The number of carbonyl (C=O) groups is 1. The van der Waals surface area contributed by atoms with Gasteiger partial charge >= 0.3 is 0 Å². The SMILES string of the molecule is CCC(C)C(=O)CC(O)CO. The minimum Gasteiger partial charge on any atom is -0.394 e. The van der Waals surface area contributed by atoms with Crippen molar-refractivity contribution in [3.63, 3.8) is 0 Å². The van der Waals surface area contributed by atoms with Gasteiger partial charge in [0.25, 0.3) is 0 Å². The van der Waals surface area contributed by atoms with E-state index < -0.39 is 6.10 Å². The van der Waals surface area contributed by atoms with E-state index in [9.17, 15) is 4.79 Å². The molecule has 0 saturated carbocycles. The second kappa shape index (κ2) is 5.27. The van der Waals surface area contributed by atoms with E-state index in [1.54, 1.807) is 0 Å². The number of Topliss-reactive ketones (excluding diaryl/α,β-unsaturated/α-hetero) is 1. The Kier molecular flexibility index (Phi) is 5.07. The molecule has 0 aliphatic heterocycles. The molecule has 11 heavy (non-hydrogen) atoms. The van der Waals surface area contributed by atoms with Crippen molar-refractivity contribution in [3.05, 3.63) is 0 Å². The molecule has 2 atom stereocenters. The van der Waals surface area contributed by atoms with Crippen LogP contribution in [0.25, 0.3) is 0 Å². The molecule has 0 saturated heterocycles. The predicted octanol–water partition coefficient (Wildman–Crippen LogP) is 0.345. The van der Waals surface area contributed by atoms with Gasteiger partial charge in [-0.05, 0) is 6.42 Å². The molecule has 0 aliphatic rings. The summed E-state index contributed by atoms with van der Waals surface area (Å²) in [7, 11) is 0. The molecule has 0 fully saturated rings. The molecular weight excluding hydrogens is 144 g/mol. The van der Waals surface area contributed by atoms with Crippen LogP contribution in [0, 0.1) is 5.92 Å². The summed E-state index contributed by atoms with van der Waals surface area (Å²) in [5.74, 6) is 0.0188. The number of carbonyl (C=O) groups excluding carboxylic acids is 1. The molecule has 66 valence electrons. The molecule has 0 radical (unpaired) electrons. The van der Waals surface area contributed by atoms with Crippen LogP contribution in [0.5, 0.6) is 0 Å². The molecule has 0 heterocycles. The summed E-state index contributed by atoms with van der Waals surface area (Å²) in [5.41, 5.74) is 0. The highest BCUT2D eigenvalue weighted by Gasteiger charge is 2.14. The van der Waals surface area contributed by atoms with E-state index in [2.05, 4.69) is 0 Å². The molecule has 0 aromatic rings. The maximum Gasteiger partial charge on any atom is 0.138 e. The molecule has 0 aromatic carbocycles. The summed E-state index contributed by atoms with van der Waals surface area (Å²) in [5, 5.41) is 17.3. The van der Waals surface area contributed by atoms with Crippen LogP contribution in [0.4, 0.5) is 0 Å². The van der Waals surface area contributed by atoms with Crippen molar-refractivity contribution in [1.82, 2.24) is 0 Å². The quantitative estimate of drug-likeness (QED) is 0.610. The van der Waals surface area contributed by atoms with Crippen LogP contribution < -0.4 is 0 Å². The summed E-state index contributed by atoms with van der Waals surface area (Å²) in [6.07, 6.45) is -0.0147. The first-order chi connectivity index (χ1) is 5.11. The molecule has 0 spiro atoms. The Morgan fingerprint density at radius 1 is 1.55 bits per heavy atom. The highest BCUT2D eigenvalue weighted by molar-refractivity contribution is 5.80. The maximum absolute atomic E-state index is 11.1. The van der Waals surface area contributed by atoms with Crippen molar-refractivity contribution in [2.45, 2.75) is 32.8 Å². The average molecular weight is 160 g/mol. The fourth-order valence-electron chi connectivity index (χ4n) is 0.726. The summed E-state index contributed by atoms with van der Waals surface area (Å²) in [4.78, 5) is 11.1. The van der Waals surface area contributed by atoms with E-state index in [1.807, 2.05) is 13.8 Å². The summed E-state index contributed by atoms with van der Waals surface area (Å²) >= 11 is 0. The standard InChI is InChI=1S/C8H16O3/c1-3-6(2)8(11)4-7(10)5-9/h6-7,9-10H,3-5H2,1-2H3. The van der Waals surface area contributed by atoms with Crippen LogP contribution >= 0.6 is 0 Å². The van der Waals surface area contributed by atoms with Crippen molar-refractivity contribution in [2.75, 3.05) is 6.61 Å². The summed E-state index contributed by atoms with van der Waals surface area (Å²) in [6, 6.07) is 0. The molecule has 0 aliphatic carbocycles. The van der Waals surface area contributed by atoms with Gasteiger partial charge in [-0.1, -0.05) is 13.8 Å². The van der Waals surface area contributed by atoms with Crippen molar-refractivity contribution in [1.29, 1.82) is 0 Å². The first-order valence-electron chi connectivity index (χ1n) is 3.93. The van der Waals surface area contributed by atoms with E-state index >= 15 is 0 Å². The largest absolute Gasteiger partial charge is 0.394 e. The molecular formula is C8H16O3. The number of hydrogen-bond acceptors (Lipinski definition) is 3. The molecule has 2 N–H and O–H groups in total. The Labute approximate surface area is 67.0 Å². The monoisotopic (exact) mass is 160 g/mol. The second-order valence-corrected chi connectivity index (χ2v) is 2.82. The lowest BCUT2D eigenvalue weighted by molar-refractivity contribution is -0.124. The van der Waals surface area contributed by atoms with Gasteiger partial charge in [0.05, 0.1) is 12.7 Å². The van der Waals surface area contributed by atoms with Gasteiger partial charge in [-0.2, -0.15) is 0 Å². The Hall–Kier alpha value is -0.410. The van der Waals surface area contributed by atoms with Gasteiger partial charge in [0.15, 0.2) is 0 Å². The maximum atomic E-state index is 11.1. The highest BCUT2D eigenvalue weighted by atomic mass is 16.3. The molecule has 0 amide bonds.